The Morgan fingerprint density at radius 2 is 1.88 bits per heavy atom. The lowest BCUT2D eigenvalue weighted by Crippen LogP contribution is -2.57. The van der Waals surface area contributed by atoms with Crippen molar-refractivity contribution in [2.45, 2.75) is 76.9 Å². The number of hydrogen-bond donors (Lipinski definition) is 2. The van der Waals surface area contributed by atoms with E-state index in [4.69, 9.17) is 4.74 Å². The van der Waals surface area contributed by atoms with Crippen LogP contribution in [-0.2, 0) is 9.53 Å². The first-order chi connectivity index (χ1) is 11.8. The molecule has 0 aliphatic heterocycles. The number of allylic oxidation sites excluding steroid dienone is 1. The molecule has 0 aromatic carbocycles. The van der Waals surface area contributed by atoms with E-state index in [0.29, 0.717) is 24.2 Å². The van der Waals surface area contributed by atoms with E-state index in [2.05, 4.69) is 19.9 Å². The molecular weight excluding hydrogens is 316 g/mol. The monoisotopic (exact) mass is 348 g/mol. The molecule has 3 fully saturated rings. The highest BCUT2D eigenvalue weighted by molar-refractivity contribution is 5.81. The second-order valence-corrected chi connectivity index (χ2v) is 9.50. The Labute approximate surface area is 150 Å². The Kier molecular flexibility index (Phi) is 3.90. The molecule has 0 aromatic heterocycles. The maximum absolute atomic E-state index is 12.4. The van der Waals surface area contributed by atoms with Crippen molar-refractivity contribution in [3.05, 3.63) is 11.6 Å². The average molecular weight is 348 g/mol. The summed E-state index contributed by atoms with van der Waals surface area (Å²) in [6, 6.07) is 0. The molecule has 4 rings (SSSR count). The van der Waals surface area contributed by atoms with Gasteiger partial charge in [-0.1, -0.05) is 25.5 Å². The first-order valence-electron chi connectivity index (χ1n) is 9.94. The number of hydrogen-bond acceptors (Lipinski definition) is 4. The third kappa shape index (κ3) is 2.16. The SMILES string of the molecule is COC(=O)[C@]1(O)CCC2C3CC=C4CC(O)CCC4(C)C3CCC21C. The lowest BCUT2D eigenvalue weighted by atomic mass is 9.47. The Bertz CT molecular complexity index is 613. The van der Waals surface area contributed by atoms with Gasteiger partial charge in [0.25, 0.3) is 0 Å². The van der Waals surface area contributed by atoms with Gasteiger partial charge in [0, 0.05) is 5.41 Å². The average Bonchev–Trinajstić information content (AvgIpc) is 2.87. The lowest BCUT2D eigenvalue weighted by Gasteiger charge is -2.58. The topological polar surface area (TPSA) is 66.8 Å². The third-order valence-corrected chi connectivity index (χ3v) is 8.75. The van der Waals surface area contributed by atoms with E-state index in [9.17, 15) is 15.0 Å². The van der Waals surface area contributed by atoms with Gasteiger partial charge in [-0.05, 0) is 74.5 Å². The summed E-state index contributed by atoms with van der Waals surface area (Å²) in [5.41, 5.74) is -0.0604. The molecule has 25 heavy (non-hydrogen) atoms. The second kappa shape index (κ2) is 5.56. The van der Waals surface area contributed by atoms with Crippen LogP contribution in [-0.4, -0.2) is 35.0 Å². The number of rotatable bonds is 1. The number of esters is 1. The highest BCUT2D eigenvalue weighted by Crippen LogP contribution is 2.67. The maximum Gasteiger partial charge on any atom is 0.338 e. The Balaban J connectivity index is 1.68. The van der Waals surface area contributed by atoms with Crippen molar-refractivity contribution >= 4 is 5.97 Å². The zero-order valence-corrected chi connectivity index (χ0v) is 15.8. The van der Waals surface area contributed by atoms with Gasteiger partial charge in [0.05, 0.1) is 13.2 Å². The van der Waals surface area contributed by atoms with E-state index in [1.165, 1.54) is 12.7 Å². The molecule has 140 valence electrons. The van der Waals surface area contributed by atoms with Crippen LogP contribution in [0.1, 0.15) is 65.2 Å². The van der Waals surface area contributed by atoms with Crippen LogP contribution in [0.5, 0.6) is 0 Å². The minimum Gasteiger partial charge on any atom is -0.467 e. The number of carbonyl (C=O) groups excluding carboxylic acids is 1. The minimum absolute atomic E-state index is 0.180. The van der Waals surface area contributed by atoms with Crippen LogP contribution in [0.15, 0.2) is 11.6 Å². The third-order valence-electron chi connectivity index (χ3n) is 8.75. The molecular formula is C21H32O4. The molecule has 0 radical (unpaired) electrons. The molecule has 0 heterocycles. The molecule has 0 spiro atoms. The van der Waals surface area contributed by atoms with Crippen molar-refractivity contribution < 1.29 is 19.7 Å². The fourth-order valence-electron chi connectivity index (χ4n) is 7.16. The summed E-state index contributed by atoms with van der Waals surface area (Å²) in [6.07, 6.45) is 9.38. The predicted octanol–water partition coefficient (Wildman–Crippen LogP) is 3.21. The zero-order chi connectivity index (χ0) is 18.0. The van der Waals surface area contributed by atoms with Crippen LogP contribution in [0.3, 0.4) is 0 Å². The second-order valence-electron chi connectivity index (χ2n) is 9.50. The molecule has 4 nitrogen and oxygen atoms in total. The van der Waals surface area contributed by atoms with Gasteiger partial charge in [0.15, 0.2) is 5.60 Å². The standard InChI is InChI=1S/C21H32O4/c1-19-9-6-14(22)12-13(19)4-5-15-16(19)7-10-20(2)17(15)8-11-21(20,24)18(23)25-3/h4,14-17,22,24H,5-12H2,1-3H3/t14?,15?,16?,17?,19?,20?,21-/m1/s1. The number of ether oxygens (including phenoxy) is 1. The van der Waals surface area contributed by atoms with E-state index < -0.39 is 11.6 Å². The predicted molar refractivity (Wildman–Crippen MR) is 94.7 cm³/mol. The van der Waals surface area contributed by atoms with Crippen LogP contribution in [0, 0.1) is 28.6 Å². The summed E-state index contributed by atoms with van der Waals surface area (Å²) >= 11 is 0. The van der Waals surface area contributed by atoms with Gasteiger partial charge in [-0.2, -0.15) is 0 Å². The minimum atomic E-state index is -1.33. The number of fused-ring (bicyclic) bond motifs is 5. The molecule has 0 aromatic rings. The lowest BCUT2D eigenvalue weighted by molar-refractivity contribution is -0.184. The molecule has 7 atom stereocenters. The van der Waals surface area contributed by atoms with Gasteiger partial charge in [-0.15, -0.1) is 0 Å². The summed E-state index contributed by atoms with van der Waals surface area (Å²) in [7, 11) is 1.38. The molecule has 2 N–H and O–H groups in total. The normalized spacial score (nSPS) is 51.8. The van der Waals surface area contributed by atoms with Crippen molar-refractivity contribution in [2.75, 3.05) is 7.11 Å². The fraction of sp³-hybridized carbons (Fsp3) is 0.857. The van der Waals surface area contributed by atoms with E-state index >= 15 is 0 Å². The smallest absolute Gasteiger partial charge is 0.338 e. The van der Waals surface area contributed by atoms with Gasteiger partial charge < -0.3 is 14.9 Å². The van der Waals surface area contributed by atoms with Gasteiger partial charge in [0.1, 0.15) is 0 Å². The zero-order valence-electron chi connectivity index (χ0n) is 15.8. The van der Waals surface area contributed by atoms with Crippen molar-refractivity contribution in [1.29, 1.82) is 0 Å². The number of aliphatic hydroxyl groups excluding tert-OH is 1. The molecule has 0 bridgehead atoms. The van der Waals surface area contributed by atoms with Gasteiger partial charge in [-0.3, -0.25) is 0 Å². The molecule has 0 amide bonds. The highest BCUT2D eigenvalue weighted by atomic mass is 16.5. The van der Waals surface area contributed by atoms with Crippen LogP contribution in [0.25, 0.3) is 0 Å². The molecule has 4 heteroatoms. The first kappa shape index (κ1) is 17.5. The Hall–Kier alpha value is -0.870. The summed E-state index contributed by atoms with van der Waals surface area (Å²) < 4.78 is 4.98. The number of carbonyl (C=O) groups is 1. The quantitative estimate of drug-likeness (QED) is 0.564. The van der Waals surface area contributed by atoms with Crippen molar-refractivity contribution in [3.8, 4) is 0 Å². The molecule has 4 aliphatic carbocycles. The first-order valence-corrected chi connectivity index (χ1v) is 9.94. The Morgan fingerprint density at radius 1 is 1.16 bits per heavy atom. The van der Waals surface area contributed by atoms with E-state index in [-0.39, 0.29) is 16.9 Å². The van der Waals surface area contributed by atoms with Gasteiger partial charge in [-0.25, -0.2) is 4.79 Å². The van der Waals surface area contributed by atoms with E-state index in [1.807, 2.05) is 0 Å². The van der Waals surface area contributed by atoms with E-state index in [1.54, 1.807) is 0 Å². The molecule has 3 saturated carbocycles. The van der Waals surface area contributed by atoms with Crippen molar-refractivity contribution in [2.24, 2.45) is 28.6 Å². The van der Waals surface area contributed by atoms with Crippen molar-refractivity contribution in [1.82, 2.24) is 0 Å². The summed E-state index contributed by atoms with van der Waals surface area (Å²) in [5.74, 6) is 1.06. The summed E-state index contributed by atoms with van der Waals surface area (Å²) in [4.78, 5) is 12.4. The number of aliphatic hydroxyl groups is 2. The largest absolute Gasteiger partial charge is 0.467 e. The van der Waals surface area contributed by atoms with Crippen molar-refractivity contribution in [3.63, 3.8) is 0 Å². The van der Waals surface area contributed by atoms with Crippen LogP contribution in [0.2, 0.25) is 0 Å². The summed E-state index contributed by atoms with van der Waals surface area (Å²) in [6.45, 7) is 4.51. The number of methoxy groups -OCH3 is 1. The molecule has 6 unspecified atom stereocenters. The molecule has 4 aliphatic rings. The fourth-order valence-corrected chi connectivity index (χ4v) is 7.16. The van der Waals surface area contributed by atoms with Crippen LogP contribution >= 0.6 is 0 Å². The van der Waals surface area contributed by atoms with Gasteiger partial charge >= 0.3 is 5.97 Å². The summed E-state index contributed by atoms with van der Waals surface area (Å²) in [5, 5.41) is 21.3. The van der Waals surface area contributed by atoms with Crippen LogP contribution < -0.4 is 0 Å². The Morgan fingerprint density at radius 3 is 2.60 bits per heavy atom. The van der Waals surface area contributed by atoms with E-state index in [0.717, 1.165) is 44.9 Å². The van der Waals surface area contributed by atoms with Crippen LogP contribution in [0.4, 0.5) is 0 Å². The highest BCUT2D eigenvalue weighted by Gasteiger charge is 2.66. The van der Waals surface area contributed by atoms with Gasteiger partial charge in [0.2, 0.25) is 0 Å². The molecule has 0 saturated heterocycles. The maximum atomic E-state index is 12.4.